The van der Waals surface area contributed by atoms with Crippen molar-refractivity contribution in [1.82, 2.24) is 15.1 Å². The molecule has 1 N–H and O–H groups in total. The van der Waals surface area contributed by atoms with Crippen LogP contribution in [-0.4, -0.2) is 59.4 Å². The number of hydrogen-bond donors (Lipinski definition) is 1. The summed E-state index contributed by atoms with van der Waals surface area (Å²) >= 11 is 0. The van der Waals surface area contributed by atoms with E-state index in [0.29, 0.717) is 18.5 Å². The number of fused-ring (bicyclic) bond motifs is 2. The van der Waals surface area contributed by atoms with Crippen LogP contribution < -0.4 is 5.32 Å². The highest BCUT2D eigenvalue weighted by Gasteiger charge is 2.38. The van der Waals surface area contributed by atoms with Crippen LogP contribution in [0.1, 0.15) is 51.9 Å². The smallest absolute Gasteiger partial charge is 0.245 e. The second kappa shape index (κ2) is 6.34. The zero-order valence-corrected chi connectivity index (χ0v) is 13.0. The fourth-order valence-electron chi connectivity index (χ4n) is 4.03. The van der Waals surface area contributed by atoms with E-state index >= 15 is 0 Å². The molecule has 0 saturated carbocycles. The Bertz CT molecular complexity index is 412. The molecule has 5 nitrogen and oxygen atoms in total. The topological polar surface area (TPSA) is 52.7 Å². The van der Waals surface area contributed by atoms with Gasteiger partial charge in [0.2, 0.25) is 11.8 Å². The van der Waals surface area contributed by atoms with Gasteiger partial charge in [0.1, 0.15) is 6.04 Å². The third-order valence-corrected chi connectivity index (χ3v) is 5.16. The van der Waals surface area contributed by atoms with Crippen molar-refractivity contribution in [1.29, 1.82) is 0 Å². The lowest BCUT2D eigenvalue weighted by Gasteiger charge is -2.31. The number of likely N-dealkylation sites (tertiary alicyclic amines) is 2. The van der Waals surface area contributed by atoms with E-state index in [-0.39, 0.29) is 17.9 Å². The predicted octanol–water partition coefficient (Wildman–Crippen LogP) is 1.13. The molecule has 3 rings (SSSR count). The van der Waals surface area contributed by atoms with Crippen molar-refractivity contribution in [2.45, 2.75) is 70.0 Å². The minimum absolute atomic E-state index is 0.155. The van der Waals surface area contributed by atoms with Gasteiger partial charge in [-0.2, -0.15) is 0 Å². The van der Waals surface area contributed by atoms with Crippen molar-refractivity contribution in [3.63, 3.8) is 0 Å². The molecule has 3 saturated heterocycles. The highest BCUT2D eigenvalue weighted by molar-refractivity contribution is 5.88. The molecule has 0 aromatic rings. The molecule has 21 heavy (non-hydrogen) atoms. The summed E-state index contributed by atoms with van der Waals surface area (Å²) in [6, 6.07) is 0.859. The van der Waals surface area contributed by atoms with Crippen molar-refractivity contribution < 1.29 is 9.59 Å². The van der Waals surface area contributed by atoms with Gasteiger partial charge in [0.15, 0.2) is 0 Å². The van der Waals surface area contributed by atoms with Crippen LogP contribution in [0.3, 0.4) is 0 Å². The SMILES string of the molecule is CCCC(=O)N1CCCC1C(=O)N1CCC2CCC(C1)N2. The quantitative estimate of drug-likeness (QED) is 0.849. The van der Waals surface area contributed by atoms with Crippen LogP contribution in [0.5, 0.6) is 0 Å². The van der Waals surface area contributed by atoms with E-state index in [1.807, 2.05) is 16.7 Å². The molecule has 3 aliphatic rings. The number of rotatable bonds is 3. The van der Waals surface area contributed by atoms with Crippen molar-refractivity contribution in [3.05, 3.63) is 0 Å². The van der Waals surface area contributed by atoms with Crippen LogP contribution in [0.2, 0.25) is 0 Å². The number of nitrogens with one attached hydrogen (secondary N) is 1. The van der Waals surface area contributed by atoms with E-state index in [0.717, 1.165) is 45.3 Å². The van der Waals surface area contributed by atoms with E-state index < -0.39 is 0 Å². The molecule has 3 aliphatic heterocycles. The summed E-state index contributed by atoms with van der Waals surface area (Å²) in [5.74, 6) is 0.342. The van der Waals surface area contributed by atoms with E-state index in [2.05, 4.69) is 5.32 Å². The molecule has 0 radical (unpaired) electrons. The summed E-state index contributed by atoms with van der Waals surface area (Å²) in [5, 5.41) is 3.61. The fraction of sp³-hybridized carbons (Fsp3) is 0.875. The largest absolute Gasteiger partial charge is 0.339 e. The molecule has 5 heteroatoms. The molecule has 3 heterocycles. The van der Waals surface area contributed by atoms with Crippen LogP contribution in [0, 0.1) is 0 Å². The first-order valence-electron chi connectivity index (χ1n) is 8.53. The summed E-state index contributed by atoms with van der Waals surface area (Å²) in [6.45, 7) is 4.44. The van der Waals surface area contributed by atoms with Crippen molar-refractivity contribution in [3.8, 4) is 0 Å². The maximum absolute atomic E-state index is 12.9. The summed E-state index contributed by atoms with van der Waals surface area (Å²) in [6.07, 6.45) is 6.70. The number of amides is 2. The molecular weight excluding hydrogens is 266 g/mol. The Morgan fingerprint density at radius 1 is 1.10 bits per heavy atom. The zero-order valence-electron chi connectivity index (χ0n) is 13.0. The van der Waals surface area contributed by atoms with E-state index in [9.17, 15) is 9.59 Å². The van der Waals surface area contributed by atoms with Crippen LogP contribution in [0.4, 0.5) is 0 Å². The highest BCUT2D eigenvalue weighted by Crippen LogP contribution is 2.25. The average Bonchev–Trinajstić information content (AvgIpc) is 3.05. The van der Waals surface area contributed by atoms with Crippen molar-refractivity contribution >= 4 is 11.8 Å². The van der Waals surface area contributed by atoms with Gasteiger partial charge >= 0.3 is 0 Å². The maximum Gasteiger partial charge on any atom is 0.245 e. The summed E-state index contributed by atoms with van der Waals surface area (Å²) in [7, 11) is 0. The Morgan fingerprint density at radius 3 is 2.71 bits per heavy atom. The van der Waals surface area contributed by atoms with Gasteiger partial charge in [-0.1, -0.05) is 6.92 Å². The van der Waals surface area contributed by atoms with Gasteiger partial charge < -0.3 is 15.1 Å². The minimum Gasteiger partial charge on any atom is -0.339 e. The normalized spacial score (nSPS) is 32.3. The van der Waals surface area contributed by atoms with Gasteiger partial charge in [0.25, 0.3) is 0 Å². The van der Waals surface area contributed by atoms with Crippen LogP contribution in [-0.2, 0) is 9.59 Å². The number of hydrogen-bond acceptors (Lipinski definition) is 3. The Balaban J connectivity index is 1.64. The summed E-state index contributed by atoms with van der Waals surface area (Å²) < 4.78 is 0. The Labute approximate surface area is 127 Å². The first kappa shape index (κ1) is 14.8. The van der Waals surface area contributed by atoms with Gasteiger partial charge in [-0.3, -0.25) is 9.59 Å². The molecule has 118 valence electrons. The summed E-state index contributed by atoms with van der Waals surface area (Å²) in [5.41, 5.74) is 0. The van der Waals surface area contributed by atoms with Crippen LogP contribution >= 0.6 is 0 Å². The average molecular weight is 293 g/mol. The standard InChI is InChI=1S/C16H27N3O2/c1-2-4-15(20)19-9-3-5-14(19)16(21)18-10-8-12-6-7-13(11-18)17-12/h12-14,17H,2-11H2,1H3. The van der Waals surface area contributed by atoms with Gasteiger partial charge in [-0.15, -0.1) is 0 Å². The Kier molecular flexibility index (Phi) is 4.48. The number of carbonyl (C=O) groups excluding carboxylic acids is 2. The minimum atomic E-state index is -0.194. The molecule has 0 aromatic carbocycles. The highest BCUT2D eigenvalue weighted by atomic mass is 16.2. The lowest BCUT2D eigenvalue weighted by atomic mass is 10.1. The number of nitrogens with zero attached hydrogens (tertiary/aromatic N) is 2. The van der Waals surface area contributed by atoms with Gasteiger partial charge in [0, 0.05) is 38.1 Å². The molecule has 3 unspecified atom stereocenters. The summed E-state index contributed by atoms with van der Waals surface area (Å²) in [4.78, 5) is 28.9. The predicted molar refractivity (Wildman–Crippen MR) is 80.8 cm³/mol. The van der Waals surface area contributed by atoms with Crippen LogP contribution in [0.25, 0.3) is 0 Å². The second-order valence-electron chi connectivity index (χ2n) is 6.71. The molecule has 2 amide bonds. The van der Waals surface area contributed by atoms with E-state index in [1.165, 1.54) is 12.8 Å². The van der Waals surface area contributed by atoms with Crippen LogP contribution in [0.15, 0.2) is 0 Å². The molecular formula is C16H27N3O2. The molecule has 3 atom stereocenters. The Morgan fingerprint density at radius 2 is 1.90 bits per heavy atom. The van der Waals surface area contributed by atoms with E-state index in [1.54, 1.807) is 0 Å². The number of carbonyl (C=O) groups is 2. The van der Waals surface area contributed by atoms with Gasteiger partial charge in [-0.25, -0.2) is 0 Å². The maximum atomic E-state index is 12.9. The lowest BCUT2D eigenvalue weighted by molar-refractivity contribution is -0.144. The fourth-order valence-corrected chi connectivity index (χ4v) is 4.03. The molecule has 0 spiro atoms. The van der Waals surface area contributed by atoms with Gasteiger partial charge in [-0.05, 0) is 38.5 Å². The molecule has 3 fully saturated rings. The Hall–Kier alpha value is -1.10. The first-order chi connectivity index (χ1) is 10.2. The lowest BCUT2D eigenvalue weighted by Crippen LogP contribution is -2.49. The molecule has 2 bridgehead atoms. The second-order valence-corrected chi connectivity index (χ2v) is 6.71. The van der Waals surface area contributed by atoms with Gasteiger partial charge in [0.05, 0.1) is 0 Å². The molecule has 0 aliphatic carbocycles. The molecule has 0 aromatic heterocycles. The third-order valence-electron chi connectivity index (χ3n) is 5.16. The third kappa shape index (κ3) is 3.07. The van der Waals surface area contributed by atoms with Crippen molar-refractivity contribution in [2.75, 3.05) is 19.6 Å². The zero-order chi connectivity index (χ0) is 14.8. The van der Waals surface area contributed by atoms with Crippen molar-refractivity contribution in [2.24, 2.45) is 0 Å². The first-order valence-corrected chi connectivity index (χ1v) is 8.53. The monoisotopic (exact) mass is 293 g/mol. The van der Waals surface area contributed by atoms with E-state index in [4.69, 9.17) is 0 Å².